The predicted molar refractivity (Wildman–Crippen MR) is 85.5 cm³/mol. The summed E-state index contributed by atoms with van der Waals surface area (Å²) in [6.07, 6.45) is 4.18. The second kappa shape index (κ2) is 6.06. The Bertz CT molecular complexity index is 558. The zero-order valence-electron chi connectivity index (χ0n) is 12.2. The molecule has 0 bridgehead atoms. The van der Waals surface area contributed by atoms with Gasteiger partial charge in [0, 0.05) is 19.1 Å². The van der Waals surface area contributed by atoms with Crippen LogP contribution in [0.5, 0.6) is 0 Å². The number of rotatable bonds is 4. The van der Waals surface area contributed by atoms with E-state index >= 15 is 0 Å². The molecule has 0 saturated carbocycles. The first-order valence-corrected chi connectivity index (χ1v) is 8.28. The van der Waals surface area contributed by atoms with Crippen molar-refractivity contribution in [2.75, 3.05) is 24.5 Å². The minimum atomic E-state index is 0.584. The summed E-state index contributed by atoms with van der Waals surface area (Å²) >= 11 is 1.74. The van der Waals surface area contributed by atoms with E-state index in [1.165, 1.54) is 17.5 Å². The fourth-order valence-electron chi connectivity index (χ4n) is 2.75. The number of thiophene rings is 1. The standard InChI is InChI=1S/C15H22N4S/c1-11(2)16-9-12-3-6-19(7-4-12)15-14-13(5-8-20-14)17-10-18-15/h5,8,10-12,16H,3-4,6-7,9H2,1-2H3. The molecular weight excluding hydrogens is 268 g/mol. The Morgan fingerprint density at radius 3 is 2.90 bits per heavy atom. The number of nitrogens with zero attached hydrogens (tertiary/aromatic N) is 3. The van der Waals surface area contributed by atoms with Gasteiger partial charge in [-0.25, -0.2) is 9.97 Å². The van der Waals surface area contributed by atoms with Crippen LogP contribution in [0, 0.1) is 5.92 Å². The summed E-state index contributed by atoms with van der Waals surface area (Å²) in [7, 11) is 0. The van der Waals surface area contributed by atoms with Crippen molar-refractivity contribution >= 4 is 27.4 Å². The second-order valence-electron chi connectivity index (χ2n) is 5.83. The van der Waals surface area contributed by atoms with E-state index in [2.05, 4.69) is 45.5 Å². The van der Waals surface area contributed by atoms with Gasteiger partial charge in [0.15, 0.2) is 0 Å². The molecule has 20 heavy (non-hydrogen) atoms. The Hall–Kier alpha value is -1.20. The first-order valence-electron chi connectivity index (χ1n) is 7.40. The molecule has 1 N–H and O–H groups in total. The molecule has 0 atom stereocenters. The molecular formula is C15H22N4S. The van der Waals surface area contributed by atoms with Crippen LogP contribution in [0.1, 0.15) is 26.7 Å². The van der Waals surface area contributed by atoms with E-state index in [1.54, 1.807) is 17.7 Å². The van der Waals surface area contributed by atoms with Crippen molar-refractivity contribution in [3.05, 3.63) is 17.8 Å². The second-order valence-corrected chi connectivity index (χ2v) is 6.74. The topological polar surface area (TPSA) is 41.0 Å². The van der Waals surface area contributed by atoms with Gasteiger partial charge >= 0.3 is 0 Å². The molecule has 2 aromatic rings. The third kappa shape index (κ3) is 2.94. The molecule has 1 aliphatic heterocycles. The first-order chi connectivity index (χ1) is 9.74. The Balaban J connectivity index is 1.65. The molecule has 0 aliphatic carbocycles. The quantitative estimate of drug-likeness (QED) is 0.940. The van der Waals surface area contributed by atoms with Gasteiger partial charge in [-0.15, -0.1) is 11.3 Å². The molecule has 3 rings (SSSR count). The van der Waals surface area contributed by atoms with Gasteiger partial charge in [0.05, 0.1) is 10.2 Å². The van der Waals surface area contributed by atoms with Crippen molar-refractivity contribution in [1.82, 2.24) is 15.3 Å². The molecule has 1 aliphatic rings. The van der Waals surface area contributed by atoms with Crippen LogP contribution >= 0.6 is 11.3 Å². The summed E-state index contributed by atoms with van der Waals surface area (Å²) in [4.78, 5) is 11.3. The number of anilines is 1. The van der Waals surface area contributed by atoms with Gasteiger partial charge in [0.1, 0.15) is 12.1 Å². The van der Waals surface area contributed by atoms with Crippen LogP contribution in [0.3, 0.4) is 0 Å². The fourth-order valence-corrected chi connectivity index (χ4v) is 3.61. The lowest BCUT2D eigenvalue weighted by atomic mass is 9.96. The summed E-state index contributed by atoms with van der Waals surface area (Å²) in [5, 5.41) is 5.65. The molecule has 1 saturated heterocycles. The van der Waals surface area contributed by atoms with Crippen molar-refractivity contribution in [2.45, 2.75) is 32.7 Å². The predicted octanol–water partition coefficient (Wildman–Crippen LogP) is 2.91. The lowest BCUT2D eigenvalue weighted by Gasteiger charge is -2.33. The number of fused-ring (bicyclic) bond motifs is 1. The zero-order valence-corrected chi connectivity index (χ0v) is 13.0. The summed E-state index contributed by atoms with van der Waals surface area (Å²) in [5.41, 5.74) is 1.07. The summed E-state index contributed by atoms with van der Waals surface area (Å²) < 4.78 is 1.23. The molecule has 3 heterocycles. The van der Waals surface area contributed by atoms with Gasteiger partial charge in [-0.3, -0.25) is 0 Å². The van der Waals surface area contributed by atoms with E-state index in [0.717, 1.165) is 36.9 Å². The smallest absolute Gasteiger partial charge is 0.150 e. The number of piperidine rings is 1. The van der Waals surface area contributed by atoms with E-state index in [1.807, 2.05) is 0 Å². The van der Waals surface area contributed by atoms with E-state index in [-0.39, 0.29) is 0 Å². The zero-order chi connectivity index (χ0) is 13.9. The number of nitrogens with one attached hydrogen (secondary N) is 1. The lowest BCUT2D eigenvalue weighted by Crippen LogP contribution is -2.39. The van der Waals surface area contributed by atoms with Gasteiger partial charge in [0.25, 0.3) is 0 Å². The highest BCUT2D eigenvalue weighted by atomic mass is 32.1. The normalized spacial score (nSPS) is 17.2. The highest BCUT2D eigenvalue weighted by Crippen LogP contribution is 2.30. The third-order valence-corrected chi connectivity index (χ3v) is 4.85. The van der Waals surface area contributed by atoms with E-state index in [0.29, 0.717) is 6.04 Å². The maximum absolute atomic E-state index is 4.51. The molecule has 0 amide bonds. The van der Waals surface area contributed by atoms with Crippen LogP contribution in [0.15, 0.2) is 17.8 Å². The number of aromatic nitrogens is 2. The van der Waals surface area contributed by atoms with Gasteiger partial charge < -0.3 is 10.2 Å². The number of hydrogen-bond donors (Lipinski definition) is 1. The van der Waals surface area contributed by atoms with E-state index in [9.17, 15) is 0 Å². The summed E-state index contributed by atoms with van der Waals surface area (Å²) in [5.74, 6) is 1.93. The first kappa shape index (κ1) is 13.8. The summed E-state index contributed by atoms with van der Waals surface area (Å²) in [6, 6.07) is 2.66. The van der Waals surface area contributed by atoms with Gasteiger partial charge in [-0.2, -0.15) is 0 Å². The molecule has 1 fully saturated rings. The number of hydrogen-bond acceptors (Lipinski definition) is 5. The maximum atomic E-state index is 4.51. The molecule has 5 heteroatoms. The highest BCUT2D eigenvalue weighted by Gasteiger charge is 2.21. The van der Waals surface area contributed by atoms with Crippen molar-refractivity contribution in [3.8, 4) is 0 Å². The minimum absolute atomic E-state index is 0.584. The molecule has 0 spiro atoms. The van der Waals surface area contributed by atoms with Gasteiger partial charge in [0.2, 0.25) is 0 Å². The van der Waals surface area contributed by atoms with E-state index in [4.69, 9.17) is 0 Å². The maximum Gasteiger partial charge on any atom is 0.150 e. The van der Waals surface area contributed by atoms with Gasteiger partial charge in [-0.05, 0) is 36.8 Å². The van der Waals surface area contributed by atoms with Crippen molar-refractivity contribution < 1.29 is 0 Å². The molecule has 4 nitrogen and oxygen atoms in total. The van der Waals surface area contributed by atoms with Crippen LogP contribution in [0.2, 0.25) is 0 Å². The molecule has 0 unspecified atom stereocenters. The average Bonchev–Trinajstić information content (AvgIpc) is 2.94. The van der Waals surface area contributed by atoms with Crippen molar-refractivity contribution in [3.63, 3.8) is 0 Å². The van der Waals surface area contributed by atoms with Crippen LogP contribution in [-0.4, -0.2) is 35.6 Å². The monoisotopic (exact) mass is 290 g/mol. The minimum Gasteiger partial charge on any atom is -0.355 e. The average molecular weight is 290 g/mol. The Labute approximate surface area is 124 Å². The molecule has 108 valence electrons. The van der Waals surface area contributed by atoms with E-state index < -0.39 is 0 Å². The van der Waals surface area contributed by atoms with Crippen molar-refractivity contribution in [1.29, 1.82) is 0 Å². The molecule has 2 aromatic heterocycles. The van der Waals surface area contributed by atoms with Crippen LogP contribution < -0.4 is 10.2 Å². The third-order valence-electron chi connectivity index (χ3n) is 3.95. The largest absolute Gasteiger partial charge is 0.355 e. The van der Waals surface area contributed by atoms with Crippen LogP contribution in [0.4, 0.5) is 5.82 Å². The van der Waals surface area contributed by atoms with Crippen LogP contribution in [-0.2, 0) is 0 Å². The van der Waals surface area contributed by atoms with Crippen molar-refractivity contribution in [2.24, 2.45) is 5.92 Å². The Kier molecular flexibility index (Phi) is 4.17. The van der Waals surface area contributed by atoms with Gasteiger partial charge in [-0.1, -0.05) is 13.8 Å². The summed E-state index contributed by atoms with van der Waals surface area (Å²) in [6.45, 7) is 7.78. The molecule has 0 radical (unpaired) electrons. The lowest BCUT2D eigenvalue weighted by molar-refractivity contribution is 0.370. The molecule has 0 aromatic carbocycles. The van der Waals surface area contributed by atoms with Crippen LogP contribution in [0.25, 0.3) is 10.2 Å². The Morgan fingerprint density at radius 1 is 1.35 bits per heavy atom. The Morgan fingerprint density at radius 2 is 2.15 bits per heavy atom. The SMILES string of the molecule is CC(C)NCC1CCN(c2ncnc3ccsc23)CC1. The highest BCUT2D eigenvalue weighted by molar-refractivity contribution is 7.17. The fraction of sp³-hybridized carbons (Fsp3) is 0.600.